The van der Waals surface area contributed by atoms with Crippen molar-refractivity contribution in [1.82, 2.24) is 0 Å². The maximum absolute atomic E-state index is 10.9. The van der Waals surface area contributed by atoms with E-state index in [4.69, 9.17) is 4.74 Å². The Bertz CT molecular complexity index is 919. The molecule has 3 rings (SSSR count). The van der Waals surface area contributed by atoms with Crippen LogP contribution in [0.3, 0.4) is 0 Å². The molecule has 0 saturated carbocycles. The molecular formula is C21H15BrNO3-. The van der Waals surface area contributed by atoms with Crippen LogP contribution in [0.25, 0.3) is 0 Å². The molecule has 0 bridgehead atoms. The lowest BCUT2D eigenvalue weighted by atomic mass is 10.2. The summed E-state index contributed by atoms with van der Waals surface area (Å²) in [5.41, 5.74) is 2.64. The fraction of sp³-hybridized carbons (Fsp3) is 0.0476. The molecule has 5 heteroatoms. The second kappa shape index (κ2) is 8.45. The number of carboxylic acid groups (broad SMARTS) is 1. The molecule has 0 N–H and O–H groups in total. The van der Waals surface area contributed by atoms with Gasteiger partial charge in [0, 0.05) is 10.7 Å². The average molecular weight is 409 g/mol. The minimum Gasteiger partial charge on any atom is -0.545 e. The molecule has 4 nitrogen and oxygen atoms in total. The Balaban J connectivity index is 1.61. The van der Waals surface area contributed by atoms with Gasteiger partial charge in [-0.15, -0.1) is 0 Å². The number of benzene rings is 3. The molecule has 0 amide bonds. The van der Waals surface area contributed by atoms with E-state index >= 15 is 0 Å². The Morgan fingerprint density at radius 2 is 1.77 bits per heavy atom. The van der Waals surface area contributed by atoms with Crippen molar-refractivity contribution in [2.75, 3.05) is 0 Å². The zero-order chi connectivity index (χ0) is 18.4. The maximum Gasteiger partial charge on any atom is 0.119 e. The van der Waals surface area contributed by atoms with Gasteiger partial charge in [0.1, 0.15) is 12.4 Å². The van der Waals surface area contributed by atoms with Gasteiger partial charge < -0.3 is 14.6 Å². The largest absolute Gasteiger partial charge is 0.545 e. The fourth-order valence-electron chi connectivity index (χ4n) is 2.26. The number of carboxylic acids is 1. The monoisotopic (exact) mass is 408 g/mol. The number of halogens is 1. The minimum atomic E-state index is -1.21. The first-order chi connectivity index (χ1) is 12.6. The van der Waals surface area contributed by atoms with Crippen molar-refractivity contribution in [2.45, 2.75) is 6.61 Å². The van der Waals surface area contributed by atoms with E-state index in [1.807, 2.05) is 48.5 Å². The van der Waals surface area contributed by atoms with Crippen LogP contribution in [0, 0.1) is 0 Å². The molecule has 0 heterocycles. The number of aromatic carboxylic acids is 1. The summed E-state index contributed by atoms with van der Waals surface area (Å²) in [6, 6.07) is 21.8. The zero-order valence-corrected chi connectivity index (χ0v) is 15.3. The lowest BCUT2D eigenvalue weighted by Gasteiger charge is -2.06. The predicted molar refractivity (Wildman–Crippen MR) is 103 cm³/mol. The number of ether oxygens (including phenoxy) is 1. The lowest BCUT2D eigenvalue weighted by Crippen LogP contribution is -2.21. The third-order valence-electron chi connectivity index (χ3n) is 3.64. The van der Waals surface area contributed by atoms with Crippen LogP contribution in [-0.2, 0) is 6.61 Å². The minimum absolute atomic E-state index is 0.108. The van der Waals surface area contributed by atoms with Gasteiger partial charge in [-0.1, -0.05) is 40.2 Å². The smallest absolute Gasteiger partial charge is 0.119 e. The first kappa shape index (κ1) is 17.9. The predicted octanol–water partition coefficient (Wildman–Crippen LogP) is 4.14. The van der Waals surface area contributed by atoms with E-state index in [9.17, 15) is 9.90 Å². The molecule has 130 valence electrons. The van der Waals surface area contributed by atoms with Gasteiger partial charge in [0.05, 0.1) is 11.7 Å². The Morgan fingerprint density at radius 3 is 2.46 bits per heavy atom. The number of hydrogen-bond donors (Lipinski definition) is 0. The highest BCUT2D eigenvalue weighted by Gasteiger charge is 1.98. The highest BCUT2D eigenvalue weighted by molar-refractivity contribution is 9.10. The molecule has 0 aromatic heterocycles. The van der Waals surface area contributed by atoms with E-state index in [0.29, 0.717) is 12.3 Å². The van der Waals surface area contributed by atoms with Crippen LogP contribution in [0.5, 0.6) is 5.75 Å². The van der Waals surface area contributed by atoms with Crippen molar-refractivity contribution in [2.24, 2.45) is 4.99 Å². The summed E-state index contributed by atoms with van der Waals surface area (Å²) >= 11 is 3.41. The molecule has 26 heavy (non-hydrogen) atoms. The highest BCUT2D eigenvalue weighted by Crippen LogP contribution is 2.17. The Hall–Kier alpha value is -2.92. The van der Waals surface area contributed by atoms with Gasteiger partial charge in [0.2, 0.25) is 0 Å². The molecule has 3 aromatic carbocycles. The van der Waals surface area contributed by atoms with Gasteiger partial charge in [0.15, 0.2) is 0 Å². The van der Waals surface area contributed by atoms with E-state index in [-0.39, 0.29) is 5.56 Å². The van der Waals surface area contributed by atoms with Crippen LogP contribution in [0.4, 0.5) is 5.69 Å². The van der Waals surface area contributed by atoms with E-state index in [1.165, 1.54) is 12.1 Å². The molecule has 0 radical (unpaired) electrons. The number of carbonyl (C=O) groups excluding carboxylic acids is 1. The Morgan fingerprint density at radius 1 is 1.04 bits per heavy atom. The molecule has 0 aliphatic carbocycles. The van der Waals surface area contributed by atoms with Crippen LogP contribution in [0.1, 0.15) is 21.5 Å². The number of aliphatic imine (C=N–C) groups is 1. The Kier molecular flexibility index (Phi) is 5.81. The van der Waals surface area contributed by atoms with Crippen molar-refractivity contribution >= 4 is 33.8 Å². The summed E-state index contributed by atoms with van der Waals surface area (Å²) in [6.45, 7) is 0.497. The summed E-state index contributed by atoms with van der Waals surface area (Å²) in [6.07, 6.45) is 1.67. The van der Waals surface area contributed by atoms with Gasteiger partial charge in [-0.25, -0.2) is 0 Å². The molecule has 0 aliphatic rings. The summed E-state index contributed by atoms with van der Waals surface area (Å²) in [5.74, 6) is -0.446. The third kappa shape index (κ3) is 5.04. The van der Waals surface area contributed by atoms with Crippen LogP contribution in [0.2, 0.25) is 0 Å². The maximum atomic E-state index is 10.9. The van der Waals surface area contributed by atoms with Gasteiger partial charge in [-0.05, 0) is 65.2 Å². The van der Waals surface area contributed by atoms with Crippen LogP contribution in [0.15, 0.2) is 82.3 Å². The van der Waals surface area contributed by atoms with Crippen LogP contribution < -0.4 is 9.84 Å². The molecule has 0 atom stereocenters. The molecule has 0 aliphatic heterocycles. The SMILES string of the molecule is O=C([O-])c1cccc(N=Cc2ccc(OCc3ccc(Br)cc3)cc2)c1. The standard InChI is InChI=1S/C21H16BrNO3/c22-18-8-4-16(5-9-18)14-26-20-10-6-15(7-11-20)13-23-19-3-1-2-17(12-19)21(24)25/h1-13H,14H2,(H,24,25)/p-1. The molecule has 3 aromatic rings. The first-order valence-corrected chi connectivity index (χ1v) is 8.72. The van der Waals surface area contributed by atoms with Gasteiger partial charge >= 0.3 is 0 Å². The van der Waals surface area contributed by atoms with Crippen molar-refractivity contribution in [3.8, 4) is 5.75 Å². The second-order valence-electron chi connectivity index (χ2n) is 5.58. The molecule has 0 spiro atoms. The molecule has 0 fully saturated rings. The molecular weight excluding hydrogens is 394 g/mol. The van der Waals surface area contributed by atoms with Crippen molar-refractivity contribution in [1.29, 1.82) is 0 Å². The third-order valence-corrected chi connectivity index (χ3v) is 4.17. The zero-order valence-electron chi connectivity index (χ0n) is 13.8. The van der Waals surface area contributed by atoms with E-state index in [0.717, 1.165) is 21.3 Å². The second-order valence-corrected chi connectivity index (χ2v) is 6.50. The van der Waals surface area contributed by atoms with E-state index < -0.39 is 5.97 Å². The van der Waals surface area contributed by atoms with E-state index in [1.54, 1.807) is 18.3 Å². The summed E-state index contributed by atoms with van der Waals surface area (Å²) < 4.78 is 6.80. The number of hydrogen-bond acceptors (Lipinski definition) is 4. The van der Waals surface area contributed by atoms with Gasteiger partial charge in [0.25, 0.3) is 0 Å². The number of nitrogens with zero attached hydrogens (tertiary/aromatic N) is 1. The number of carbonyl (C=O) groups is 1. The van der Waals surface area contributed by atoms with Crippen molar-refractivity contribution in [3.63, 3.8) is 0 Å². The van der Waals surface area contributed by atoms with Gasteiger partial charge in [-0.2, -0.15) is 0 Å². The summed E-state index contributed by atoms with van der Waals surface area (Å²) in [4.78, 5) is 15.2. The van der Waals surface area contributed by atoms with E-state index in [2.05, 4.69) is 20.9 Å². The lowest BCUT2D eigenvalue weighted by molar-refractivity contribution is -0.255. The highest BCUT2D eigenvalue weighted by atomic mass is 79.9. The van der Waals surface area contributed by atoms with Crippen molar-refractivity contribution < 1.29 is 14.6 Å². The summed E-state index contributed by atoms with van der Waals surface area (Å²) in [7, 11) is 0. The fourth-order valence-corrected chi connectivity index (χ4v) is 2.52. The first-order valence-electron chi connectivity index (χ1n) is 7.93. The molecule has 0 saturated heterocycles. The van der Waals surface area contributed by atoms with Crippen LogP contribution >= 0.6 is 15.9 Å². The normalized spacial score (nSPS) is 10.8. The topological polar surface area (TPSA) is 61.7 Å². The molecule has 0 unspecified atom stereocenters. The van der Waals surface area contributed by atoms with Gasteiger partial charge in [-0.3, -0.25) is 4.99 Å². The Labute approximate surface area is 159 Å². The summed E-state index contributed by atoms with van der Waals surface area (Å²) in [5, 5.41) is 10.9. The number of rotatable bonds is 6. The average Bonchev–Trinajstić information content (AvgIpc) is 2.67. The van der Waals surface area contributed by atoms with Crippen molar-refractivity contribution in [3.05, 3.63) is 94.0 Å². The quantitative estimate of drug-likeness (QED) is 0.575. The van der Waals surface area contributed by atoms with Crippen LogP contribution in [-0.4, -0.2) is 12.2 Å².